The van der Waals surface area contributed by atoms with Gasteiger partial charge in [-0.05, 0) is 19.4 Å². The van der Waals surface area contributed by atoms with Crippen LogP contribution < -0.4 is 5.32 Å². The number of aryl methyl sites for hydroxylation is 1. The first-order valence-corrected chi connectivity index (χ1v) is 6.06. The molecule has 0 bridgehead atoms. The Morgan fingerprint density at radius 3 is 3.00 bits per heavy atom. The molecule has 1 amide bonds. The fraction of sp³-hybridized carbons (Fsp3) is 0.462. The fourth-order valence-electron chi connectivity index (χ4n) is 1.62. The van der Waals surface area contributed by atoms with Gasteiger partial charge >= 0.3 is 0 Å². The van der Waals surface area contributed by atoms with E-state index in [1.165, 1.54) is 0 Å². The van der Waals surface area contributed by atoms with E-state index in [2.05, 4.69) is 18.2 Å². The van der Waals surface area contributed by atoms with E-state index in [0.29, 0.717) is 17.1 Å². The molecular weight excluding hydrogens is 236 g/mol. The minimum atomic E-state index is -0.131. The van der Waals surface area contributed by atoms with Crippen LogP contribution in [0, 0.1) is 12.3 Å². The van der Waals surface area contributed by atoms with Crippen LogP contribution in [0.4, 0.5) is 0 Å². The topological polar surface area (TPSA) is 34.0 Å². The van der Waals surface area contributed by atoms with E-state index in [4.69, 9.17) is 18.0 Å². The average molecular weight is 253 g/mol. The molecule has 17 heavy (non-hydrogen) atoms. The SMILES string of the molecule is C#CCC(C)NC(=O)c1cc(Cl)cn1CCC. The zero-order chi connectivity index (χ0) is 12.8. The van der Waals surface area contributed by atoms with Crippen molar-refractivity contribution in [2.45, 2.75) is 39.3 Å². The molecule has 0 radical (unpaired) electrons. The molecule has 0 aliphatic rings. The van der Waals surface area contributed by atoms with Crippen molar-refractivity contribution in [3.05, 3.63) is 23.0 Å². The van der Waals surface area contributed by atoms with Crippen molar-refractivity contribution in [1.29, 1.82) is 0 Å². The van der Waals surface area contributed by atoms with Crippen LogP contribution in [-0.2, 0) is 6.54 Å². The number of rotatable bonds is 5. The molecule has 3 nitrogen and oxygen atoms in total. The predicted molar refractivity (Wildman–Crippen MR) is 70.1 cm³/mol. The average Bonchev–Trinajstić information content (AvgIpc) is 2.60. The molecule has 92 valence electrons. The number of nitrogens with one attached hydrogen (secondary N) is 1. The van der Waals surface area contributed by atoms with E-state index in [9.17, 15) is 4.79 Å². The zero-order valence-electron chi connectivity index (χ0n) is 10.2. The van der Waals surface area contributed by atoms with Crippen LogP contribution in [0.3, 0.4) is 0 Å². The van der Waals surface area contributed by atoms with Gasteiger partial charge < -0.3 is 9.88 Å². The second-order valence-corrected chi connectivity index (χ2v) is 4.46. The number of aromatic nitrogens is 1. The molecule has 4 heteroatoms. The van der Waals surface area contributed by atoms with Crippen molar-refractivity contribution in [2.24, 2.45) is 0 Å². The van der Waals surface area contributed by atoms with E-state index >= 15 is 0 Å². The summed E-state index contributed by atoms with van der Waals surface area (Å²) in [6.07, 6.45) is 8.44. The van der Waals surface area contributed by atoms with Crippen LogP contribution in [0.15, 0.2) is 12.3 Å². The smallest absolute Gasteiger partial charge is 0.268 e. The third-order valence-electron chi connectivity index (χ3n) is 2.36. The Morgan fingerprint density at radius 1 is 1.71 bits per heavy atom. The molecule has 1 aromatic rings. The third kappa shape index (κ3) is 3.83. The molecule has 0 saturated heterocycles. The number of carbonyl (C=O) groups excluding carboxylic acids is 1. The Kier molecular flexibility index (Phi) is 5.11. The van der Waals surface area contributed by atoms with Gasteiger partial charge in [-0.3, -0.25) is 4.79 Å². The summed E-state index contributed by atoms with van der Waals surface area (Å²) in [5, 5.41) is 3.43. The minimum Gasteiger partial charge on any atom is -0.347 e. The molecule has 0 fully saturated rings. The highest BCUT2D eigenvalue weighted by molar-refractivity contribution is 6.31. The Bertz CT molecular complexity index is 431. The first-order valence-electron chi connectivity index (χ1n) is 5.68. The summed E-state index contributed by atoms with van der Waals surface area (Å²) < 4.78 is 1.86. The Labute approximate surface area is 107 Å². The first kappa shape index (κ1) is 13.7. The molecule has 1 unspecified atom stereocenters. The number of hydrogen-bond donors (Lipinski definition) is 1. The molecule has 1 heterocycles. The summed E-state index contributed by atoms with van der Waals surface area (Å²) in [7, 11) is 0. The quantitative estimate of drug-likeness (QED) is 0.804. The lowest BCUT2D eigenvalue weighted by molar-refractivity contribution is 0.0931. The van der Waals surface area contributed by atoms with Crippen molar-refractivity contribution in [2.75, 3.05) is 0 Å². The predicted octanol–water partition coefficient (Wildman–Crippen LogP) is 2.69. The minimum absolute atomic E-state index is 0.0312. The Morgan fingerprint density at radius 2 is 2.41 bits per heavy atom. The van der Waals surface area contributed by atoms with Crippen molar-refractivity contribution in [3.63, 3.8) is 0 Å². The van der Waals surface area contributed by atoms with Crippen LogP contribution in [0.5, 0.6) is 0 Å². The Hall–Kier alpha value is -1.40. The maximum absolute atomic E-state index is 12.0. The lowest BCUT2D eigenvalue weighted by Crippen LogP contribution is -2.33. The molecule has 0 aliphatic carbocycles. The number of carbonyl (C=O) groups is 1. The lowest BCUT2D eigenvalue weighted by atomic mass is 10.2. The highest BCUT2D eigenvalue weighted by Crippen LogP contribution is 2.15. The van der Waals surface area contributed by atoms with Gasteiger partial charge in [0.25, 0.3) is 5.91 Å². The van der Waals surface area contributed by atoms with E-state index in [1.54, 1.807) is 12.3 Å². The van der Waals surface area contributed by atoms with Crippen molar-refractivity contribution in [1.82, 2.24) is 9.88 Å². The molecule has 0 saturated carbocycles. The van der Waals surface area contributed by atoms with Gasteiger partial charge in [0.2, 0.25) is 0 Å². The summed E-state index contributed by atoms with van der Waals surface area (Å²) in [6, 6.07) is 1.64. The summed E-state index contributed by atoms with van der Waals surface area (Å²) in [5.41, 5.74) is 0.584. The molecule has 0 aliphatic heterocycles. The van der Waals surface area contributed by atoms with Crippen LogP contribution in [0.25, 0.3) is 0 Å². The van der Waals surface area contributed by atoms with Crippen LogP contribution >= 0.6 is 11.6 Å². The fourth-order valence-corrected chi connectivity index (χ4v) is 1.84. The van der Waals surface area contributed by atoms with Gasteiger partial charge in [-0.1, -0.05) is 18.5 Å². The van der Waals surface area contributed by atoms with Crippen LogP contribution in [0.1, 0.15) is 37.2 Å². The Balaban J connectivity index is 2.78. The molecule has 1 aromatic heterocycles. The summed E-state index contributed by atoms with van der Waals surface area (Å²) in [6.45, 7) is 4.71. The number of amides is 1. The molecule has 0 spiro atoms. The number of terminal acetylenes is 1. The monoisotopic (exact) mass is 252 g/mol. The molecule has 1 atom stereocenters. The van der Waals surface area contributed by atoms with Crippen LogP contribution in [0.2, 0.25) is 5.02 Å². The van der Waals surface area contributed by atoms with Gasteiger partial charge in [0.1, 0.15) is 5.69 Å². The third-order valence-corrected chi connectivity index (χ3v) is 2.57. The normalized spacial score (nSPS) is 11.9. The van der Waals surface area contributed by atoms with E-state index in [1.807, 2.05) is 11.5 Å². The number of nitrogens with zero attached hydrogens (tertiary/aromatic N) is 1. The highest BCUT2D eigenvalue weighted by atomic mass is 35.5. The van der Waals surface area contributed by atoms with E-state index in [-0.39, 0.29) is 11.9 Å². The van der Waals surface area contributed by atoms with Gasteiger partial charge in [-0.25, -0.2) is 0 Å². The number of hydrogen-bond acceptors (Lipinski definition) is 1. The first-order chi connectivity index (χ1) is 8.08. The lowest BCUT2D eigenvalue weighted by Gasteiger charge is -2.12. The summed E-state index contributed by atoms with van der Waals surface area (Å²) >= 11 is 5.91. The standard InChI is InChI=1S/C13H17ClN2O/c1-4-6-10(3)15-13(17)12-8-11(14)9-16(12)7-5-2/h1,8-10H,5-7H2,2-3H3,(H,15,17). The summed E-state index contributed by atoms with van der Waals surface area (Å²) in [5.74, 6) is 2.39. The van der Waals surface area contributed by atoms with E-state index < -0.39 is 0 Å². The molecule has 1 rings (SSSR count). The molecule has 1 N–H and O–H groups in total. The zero-order valence-corrected chi connectivity index (χ0v) is 10.9. The second kappa shape index (κ2) is 6.36. The van der Waals surface area contributed by atoms with Crippen LogP contribution in [-0.4, -0.2) is 16.5 Å². The second-order valence-electron chi connectivity index (χ2n) is 4.02. The maximum atomic E-state index is 12.0. The maximum Gasteiger partial charge on any atom is 0.268 e. The van der Waals surface area contributed by atoms with Gasteiger partial charge in [-0.15, -0.1) is 12.3 Å². The largest absolute Gasteiger partial charge is 0.347 e. The summed E-state index contributed by atoms with van der Waals surface area (Å²) in [4.78, 5) is 12.0. The van der Waals surface area contributed by atoms with Crippen molar-refractivity contribution >= 4 is 17.5 Å². The van der Waals surface area contributed by atoms with Crippen molar-refractivity contribution in [3.8, 4) is 12.3 Å². The molecular formula is C13H17ClN2O. The van der Waals surface area contributed by atoms with Gasteiger partial charge in [-0.2, -0.15) is 0 Å². The van der Waals surface area contributed by atoms with E-state index in [0.717, 1.165) is 13.0 Å². The number of halogens is 1. The highest BCUT2D eigenvalue weighted by Gasteiger charge is 2.14. The van der Waals surface area contributed by atoms with Crippen molar-refractivity contribution < 1.29 is 4.79 Å². The van der Waals surface area contributed by atoms with Gasteiger partial charge in [0.05, 0.1) is 5.02 Å². The molecule has 0 aromatic carbocycles. The van der Waals surface area contributed by atoms with Gasteiger partial charge in [0.15, 0.2) is 0 Å². The van der Waals surface area contributed by atoms with Gasteiger partial charge in [0, 0.05) is 25.2 Å².